The minimum absolute atomic E-state index is 0.0516. The largest absolute Gasteiger partial charge is 0.504 e. The average Bonchev–Trinajstić information content (AvgIpc) is 3.27. The van der Waals surface area contributed by atoms with Crippen LogP contribution < -0.4 is 9.47 Å². The first kappa shape index (κ1) is 27.9. The number of benzene rings is 2. The lowest BCUT2D eigenvalue weighted by molar-refractivity contribution is -0.317. The Labute approximate surface area is 218 Å². The number of carbonyl (C=O) groups excluding carboxylic acids is 1. The highest BCUT2D eigenvalue weighted by Crippen LogP contribution is 2.42. The Hall–Kier alpha value is -3.13. The van der Waals surface area contributed by atoms with Gasteiger partial charge in [0.1, 0.15) is 24.4 Å². The van der Waals surface area contributed by atoms with Crippen molar-refractivity contribution in [3.63, 3.8) is 0 Å². The number of phenols is 2. The molecule has 2 heterocycles. The Morgan fingerprint density at radius 3 is 2.26 bits per heavy atom. The Balaban J connectivity index is 1.69. The normalized spacial score (nSPS) is 30.1. The first-order valence-electron chi connectivity index (χ1n) is 12.0. The summed E-state index contributed by atoms with van der Waals surface area (Å²) in [5.74, 6) is -1.67. The minimum atomic E-state index is -1.67. The van der Waals surface area contributed by atoms with Gasteiger partial charge in [-0.05, 0) is 41.8 Å². The molecule has 2 aromatic rings. The fraction of sp³-hybridized carbons (Fsp3) is 0.500. The van der Waals surface area contributed by atoms with Crippen molar-refractivity contribution in [2.45, 2.75) is 43.2 Å². The van der Waals surface area contributed by atoms with E-state index >= 15 is 0 Å². The third kappa shape index (κ3) is 5.51. The van der Waals surface area contributed by atoms with Gasteiger partial charge in [-0.3, -0.25) is 4.79 Å². The molecule has 4 rings (SSSR count). The van der Waals surface area contributed by atoms with E-state index in [1.807, 2.05) is 0 Å². The maximum atomic E-state index is 12.9. The maximum Gasteiger partial charge on any atom is 0.309 e. The lowest BCUT2D eigenvalue weighted by Gasteiger charge is -2.41. The number of hydrogen-bond acceptors (Lipinski definition) is 12. The zero-order chi connectivity index (χ0) is 27.6. The molecule has 0 radical (unpaired) electrons. The maximum absolute atomic E-state index is 12.9. The van der Waals surface area contributed by atoms with Crippen molar-refractivity contribution in [1.82, 2.24) is 0 Å². The molecule has 38 heavy (non-hydrogen) atoms. The van der Waals surface area contributed by atoms with Gasteiger partial charge < -0.3 is 54.3 Å². The van der Waals surface area contributed by atoms with E-state index in [-0.39, 0.29) is 36.0 Å². The van der Waals surface area contributed by atoms with Crippen molar-refractivity contribution in [3.8, 4) is 23.0 Å². The first-order valence-corrected chi connectivity index (χ1v) is 12.0. The van der Waals surface area contributed by atoms with E-state index in [0.29, 0.717) is 11.1 Å². The highest BCUT2D eigenvalue weighted by Gasteiger charge is 2.48. The summed E-state index contributed by atoms with van der Waals surface area (Å²) >= 11 is 0. The molecule has 2 aromatic carbocycles. The lowest BCUT2D eigenvalue weighted by atomic mass is 9.82. The van der Waals surface area contributed by atoms with Crippen LogP contribution in [-0.2, 0) is 25.4 Å². The van der Waals surface area contributed by atoms with Crippen LogP contribution in [0.25, 0.3) is 0 Å². The summed E-state index contributed by atoms with van der Waals surface area (Å²) in [5, 5.41) is 60.6. The van der Waals surface area contributed by atoms with Crippen molar-refractivity contribution in [1.29, 1.82) is 0 Å². The van der Waals surface area contributed by atoms with Gasteiger partial charge in [-0.15, -0.1) is 0 Å². The third-order valence-corrected chi connectivity index (χ3v) is 6.99. The zero-order valence-electron chi connectivity index (χ0n) is 20.8. The number of aliphatic hydroxyl groups excluding tert-OH is 4. The Kier molecular flexibility index (Phi) is 8.61. The number of esters is 1. The number of rotatable bonds is 9. The Bertz CT molecular complexity index is 1120. The van der Waals surface area contributed by atoms with E-state index in [2.05, 4.69) is 0 Å². The lowest BCUT2D eigenvalue weighted by Crippen LogP contribution is -2.59. The monoisotopic (exact) mass is 536 g/mol. The number of methoxy groups -OCH3 is 2. The van der Waals surface area contributed by atoms with Gasteiger partial charge in [0.05, 0.1) is 39.5 Å². The quantitative estimate of drug-likeness (QED) is 0.236. The fourth-order valence-corrected chi connectivity index (χ4v) is 4.83. The summed E-state index contributed by atoms with van der Waals surface area (Å²) in [5.41, 5.74) is 1.14. The first-order chi connectivity index (χ1) is 18.2. The van der Waals surface area contributed by atoms with E-state index in [1.54, 1.807) is 18.2 Å². The van der Waals surface area contributed by atoms with E-state index in [9.17, 15) is 35.4 Å². The van der Waals surface area contributed by atoms with Crippen LogP contribution in [-0.4, -0.2) is 94.7 Å². The summed E-state index contributed by atoms with van der Waals surface area (Å²) in [6.07, 6.45) is -8.38. The van der Waals surface area contributed by atoms with Crippen molar-refractivity contribution < 1.29 is 59.1 Å². The zero-order valence-corrected chi connectivity index (χ0v) is 20.8. The van der Waals surface area contributed by atoms with Crippen LogP contribution in [0.2, 0.25) is 0 Å². The van der Waals surface area contributed by atoms with Gasteiger partial charge in [0.25, 0.3) is 0 Å². The van der Waals surface area contributed by atoms with Crippen LogP contribution in [0.15, 0.2) is 36.4 Å². The predicted molar refractivity (Wildman–Crippen MR) is 129 cm³/mol. The summed E-state index contributed by atoms with van der Waals surface area (Å²) in [6, 6.07) is 9.15. The van der Waals surface area contributed by atoms with Crippen molar-refractivity contribution in [2.24, 2.45) is 11.8 Å². The molecular formula is C26H32O12. The second-order valence-corrected chi connectivity index (χ2v) is 9.30. The molecule has 2 fully saturated rings. The molecule has 12 heteroatoms. The van der Waals surface area contributed by atoms with E-state index < -0.39 is 61.2 Å². The van der Waals surface area contributed by atoms with Gasteiger partial charge in [0.2, 0.25) is 0 Å². The standard InChI is InChI=1S/C26H32O12/c1-34-18-8-12(3-5-16(18)28)7-14-15(11-36-25(14)33)24(13-4-6-17(29)19(9-13)35-2)38-26-23(32)22(31)21(30)20(10-27)37-26/h3-6,8-9,14-15,20-24,26-32H,7,10-11H2,1-2H3/t14-,15+,20+,21+,22-,23+,24?,26-/m0/s1. The van der Waals surface area contributed by atoms with Gasteiger partial charge in [-0.2, -0.15) is 0 Å². The average molecular weight is 537 g/mol. The molecule has 2 saturated heterocycles. The molecule has 2 aliphatic heterocycles. The minimum Gasteiger partial charge on any atom is -0.504 e. The Morgan fingerprint density at radius 2 is 1.61 bits per heavy atom. The number of ether oxygens (including phenoxy) is 5. The van der Waals surface area contributed by atoms with E-state index in [0.717, 1.165) is 0 Å². The van der Waals surface area contributed by atoms with Gasteiger partial charge >= 0.3 is 5.97 Å². The molecule has 0 aliphatic carbocycles. The molecule has 0 spiro atoms. The number of aliphatic hydroxyl groups is 4. The second kappa shape index (κ2) is 11.7. The Morgan fingerprint density at radius 1 is 0.947 bits per heavy atom. The summed E-state index contributed by atoms with van der Waals surface area (Å²) in [6.45, 7) is -0.692. The molecular weight excluding hydrogens is 504 g/mol. The number of cyclic esters (lactones) is 1. The van der Waals surface area contributed by atoms with Crippen LogP contribution in [0.4, 0.5) is 0 Å². The van der Waals surface area contributed by atoms with Gasteiger partial charge in [-0.1, -0.05) is 12.1 Å². The molecule has 8 atom stereocenters. The van der Waals surface area contributed by atoms with Crippen molar-refractivity contribution >= 4 is 5.97 Å². The third-order valence-electron chi connectivity index (χ3n) is 6.99. The smallest absolute Gasteiger partial charge is 0.309 e. The SMILES string of the molecule is COc1cc(C[C@@H]2C(=O)OC[C@H]2C(O[C@@H]2O[C@H](CO)[C@@H](O)[C@H](O)[C@H]2O)c2ccc(O)c(OC)c2)ccc1O. The topological polar surface area (TPSA) is 185 Å². The second-order valence-electron chi connectivity index (χ2n) is 9.30. The molecule has 1 unspecified atom stereocenters. The summed E-state index contributed by atoms with van der Waals surface area (Å²) in [4.78, 5) is 12.9. The van der Waals surface area contributed by atoms with E-state index in [4.69, 9.17) is 23.7 Å². The summed E-state index contributed by atoms with van der Waals surface area (Å²) in [7, 11) is 2.78. The van der Waals surface area contributed by atoms with Crippen LogP contribution in [0.3, 0.4) is 0 Å². The van der Waals surface area contributed by atoms with Gasteiger partial charge in [0, 0.05) is 5.92 Å². The van der Waals surface area contributed by atoms with Crippen LogP contribution in [0.1, 0.15) is 17.2 Å². The molecule has 2 aliphatic rings. The van der Waals surface area contributed by atoms with Gasteiger partial charge in [-0.25, -0.2) is 0 Å². The van der Waals surface area contributed by atoms with Crippen LogP contribution >= 0.6 is 0 Å². The van der Waals surface area contributed by atoms with Gasteiger partial charge in [0.15, 0.2) is 29.3 Å². The molecule has 0 aromatic heterocycles. The predicted octanol–water partition coefficient (Wildman–Crippen LogP) is 0.00450. The van der Waals surface area contributed by atoms with Crippen molar-refractivity contribution in [3.05, 3.63) is 47.5 Å². The number of phenolic OH excluding ortho intramolecular Hbond substituents is 2. The molecule has 12 nitrogen and oxygen atoms in total. The summed E-state index contributed by atoms with van der Waals surface area (Å²) < 4.78 is 27.5. The molecule has 0 saturated carbocycles. The highest BCUT2D eigenvalue weighted by molar-refractivity contribution is 5.75. The van der Waals surface area contributed by atoms with Crippen molar-refractivity contribution in [2.75, 3.05) is 27.4 Å². The molecule has 0 amide bonds. The fourth-order valence-electron chi connectivity index (χ4n) is 4.83. The van der Waals surface area contributed by atoms with Crippen LogP contribution in [0.5, 0.6) is 23.0 Å². The number of hydrogen-bond donors (Lipinski definition) is 6. The molecule has 0 bridgehead atoms. The molecule has 208 valence electrons. The van der Waals surface area contributed by atoms with Crippen LogP contribution in [0, 0.1) is 11.8 Å². The molecule has 6 N–H and O–H groups in total. The number of carbonyl (C=O) groups is 1. The highest BCUT2D eigenvalue weighted by atomic mass is 16.7. The number of aromatic hydroxyl groups is 2. The van der Waals surface area contributed by atoms with E-state index in [1.165, 1.54) is 32.4 Å².